The summed E-state index contributed by atoms with van der Waals surface area (Å²) in [6, 6.07) is 8.77. The summed E-state index contributed by atoms with van der Waals surface area (Å²) >= 11 is 0. The monoisotopic (exact) mass is 394 g/mol. The van der Waals surface area contributed by atoms with Crippen molar-refractivity contribution < 1.29 is 13.7 Å². The minimum atomic E-state index is -0.603. The Hall–Kier alpha value is -3.26. The number of nitrogens with zero attached hydrogens (tertiary/aromatic N) is 2. The third-order valence-electron chi connectivity index (χ3n) is 5.05. The van der Waals surface area contributed by atoms with Crippen LogP contribution in [0.1, 0.15) is 46.3 Å². The van der Waals surface area contributed by atoms with Crippen LogP contribution in [0.4, 0.5) is 5.69 Å². The molecular formula is C21H22N4O4. The molecule has 1 aliphatic heterocycles. The lowest BCUT2D eigenvalue weighted by molar-refractivity contribution is 0.102. The number of carbonyl (C=O) groups excluding carboxylic acids is 1. The summed E-state index contributed by atoms with van der Waals surface area (Å²) < 4.78 is 10.6. The highest BCUT2D eigenvalue weighted by atomic mass is 16.5. The molecule has 0 radical (unpaired) electrons. The molecule has 2 N–H and O–H groups in total. The van der Waals surface area contributed by atoms with Gasteiger partial charge in [0.25, 0.3) is 11.8 Å². The number of amides is 1. The van der Waals surface area contributed by atoms with Gasteiger partial charge in [-0.25, -0.2) is 4.79 Å². The molecule has 1 amide bonds. The number of benzene rings is 1. The predicted octanol–water partition coefficient (Wildman–Crippen LogP) is 3.03. The standard InChI is InChI=1S/C21H22N4O4/c1-12-11-17(14-7-9-22-10-8-14)28-21(27)18(12)19(26)24-16-5-3-15(4-6-16)20-23-13(2)25-29-20/h3-6,11,14,22H,7-10H2,1-2H3,(H,24,26). The van der Waals surface area contributed by atoms with Gasteiger partial charge in [0.15, 0.2) is 5.82 Å². The van der Waals surface area contributed by atoms with Gasteiger partial charge in [-0.3, -0.25) is 4.79 Å². The molecule has 3 aromatic rings. The topological polar surface area (TPSA) is 110 Å². The van der Waals surface area contributed by atoms with Crippen LogP contribution in [0.2, 0.25) is 0 Å². The lowest BCUT2D eigenvalue weighted by atomic mass is 9.94. The molecule has 1 aromatic carbocycles. The molecule has 8 heteroatoms. The highest BCUT2D eigenvalue weighted by Crippen LogP contribution is 2.26. The smallest absolute Gasteiger partial charge is 0.349 e. The van der Waals surface area contributed by atoms with Crippen molar-refractivity contribution in [2.45, 2.75) is 32.6 Å². The van der Waals surface area contributed by atoms with E-state index in [2.05, 4.69) is 20.8 Å². The largest absolute Gasteiger partial charge is 0.427 e. The van der Waals surface area contributed by atoms with E-state index >= 15 is 0 Å². The van der Waals surface area contributed by atoms with Crippen LogP contribution in [0, 0.1) is 13.8 Å². The molecule has 0 bridgehead atoms. The molecule has 2 aromatic heterocycles. The van der Waals surface area contributed by atoms with Gasteiger partial charge >= 0.3 is 5.63 Å². The number of hydrogen-bond acceptors (Lipinski definition) is 7. The van der Waals surface area contributed by atoms with Crippen LogP contribution < -0.4 is 16.3 Å². The quantitative estimate of drug-likeness (QED) is 0.700. The molecule has 1 fully saturated rings. The maximum absolute atomic E-state index is 12.7. The molecule has 8 nitrogen and oxygen atoms in total. The van der Waals surface area contributed by atoms with Gasteiger partial charge in [0, 0.05) is 17.2 Å². The van der Waals surface area contributed by atoms with Crippen molar-refractivity contribution in [1.82, 2.24) is 15.5 Å². The average molecular weight is 394 g/mol. The fourth-order valence-corrected chi connectivity index (χ4v) is 3.52. The van der Waals surface area contributed by atoms with E-state index in [0.29, 0.717) is 28.7 Å². The molecule has 0 unspecified atom stereocenters. The van der Waals surface area contributed by atoms with E-state index in [9.17, 15) is 9.59 Å². The Morgan fingerprint density at radius 2 is 1.90 bits per heavy atom. The molecule has 1 aliphatic rings. The molecule has 0 atom stereocenters. The van der Waals surface area contributed by atoms with Gasteiger partial charge in [0.2, 0.25) is 0 Å². The first-order chi connectivity index (χ1) is 14.0. The summed E-state index contributed by atoms with van der Waals surface area (Å²) in [7, 11) is 0. The van der Waals surface area contributed by atoms with Crippen molar-refractivity contribution >= 4 is 11.6 Å². The van der Waals surface area contributed by atoms with E-state index in [4.69, 9.17) is 8.94 Å². The van der Waals surface area contributed by atoms with Gasteiger partial charge in [0.05, 0.1) is 0 Å². The van der Waals surface area contributed by atoms with Crippen molar-refractivity contribution in [2.24, 2.45) is 0 Å². The summed E-state index contributed by atoms with van der Waals surface area (Å²) in [5.41, 5.74) is 1.33. The lowest BCUT2D eigenvalue weighted by Crippen LogP contribution is -2.28. The van der Waals surface area contributed by atoms with Crippen LogP contribution in [0.3, 0.4) is 0 Å². The molecule has 0 spiro atoms. The summed E-state index contributed by atoms with van der Waals surface area (Å²) in [6.07, 6.45) is 1.83. The molecule has 4 rings (SSSR count). The summed E-state index contributed by atoms with van der Waals surface area (Å²) in [5, 5.41) is 9.80. The first-order valence-electron chi connectivity index (χ1n) is 9.59. The molecule has 1 saturated heterocycles. The van der Waals surface area contributed by atoms with Crippen molar-refractivity contribution in [3.05, 3.63) is 63.5 Å². The fourth-order valence-electron chi connectivity index (χ4n) is 3.52. The predicted molar refractivity (Wildman–Crippen MR) is 107 cm³/mol. The highest BCUT2D eigenvalue weighted by molar-refractivity contribution is 6.04. The van der Waals surface area contributed by atoms with Crippen molar-refractivity contribution in [3.8, 4) is 11.5 Å². The number of aromatic nitrogens is 2. The molecule has 150 valence electrons. The van der Waals surface area contributed by atoms with Crippen LogP contribution in [-0.4, -0.2) is 29.1 Å². The van der Waals surface area contributed by atoms with Crippen LogP contribution in [-0.2, 0) is 0 Å². The number of carbonyl (C=O) groups is 1. The minimum absolute atomic E-state index is 0.0271. The van der Waals surface area contributed by atoms with Gasteiger partial charge in [-0.15, -0.1) is 0 Å². The van der Waals surface area contributed by atoms with Crippen molar-refractivity contribution in [3.63, 3.8) is 0 Å². The Morgan fingerprint density at radius 1 is 1.17 bits per heavy atom. The third-order valence-corrected chi connectivity index (χ3v) is 5.05. The number of rotatable bonds is 4. The fraction of sp³-hybridized carbons (Fsp3) is 0.333. The Labute approximate surface area is 167 Å². The van der Waals surface area contributed by atoms with E-state index in [-0.39, 0.29) is 11.5 Å². The van der Waals surface area contributed by atoms with E-state index in [1.54, 1.807) is 38.1 Å². The maximum Gasteiger partial charge on any atom is 0.349 e. The van der Waals surface area contributed by atoms with Gasteiger partial charge in [-0.05, 0) is 75.7 Å². The van der Waals surface area contributed by atoms with Crippen molar-refractivity contribution in [1.29, 1.82) is 0 Å². The van der Waals surface area contributed by atoms with Gasteiger partial charge in [-0.2, -0.15) is 4.98 Å². The van der Waals surface area contributed by atoms with Gasteiger partial charge < -0.3 is 19.6 Å². The van der Waals surface area contributed by atoms with Crippen LogP contribution >= 0.6 is 0 Å². The Morgan fingerprint density at radius 3 is 2.52 bits per heavy atom. The summed E-state index contributed by atoms with van der Waals surface area (Å²) in [6.45, 7) is 5.30. The zero-order chi connectivity index (χ0) is 20.4. The zero-order valence-electron chi connectivity index (χ0n) is 16.3. The lowest BCUT2D eigenvalue weighted by Gasteiger charge is -2.21. The molecule has 0 saturated carbocycles. The number of aryl methyl sites for hydroxylation is 2. The Bertz CT molecular complexity index is 1080. The van der Waals surface area contributed by atoms with Gasteiger partial charge in [0.1, 0.15) is 11.3 Å². The third kappa shape index (κ3) is 4.12. The van der Waals surface area contributed by atoms with E-state index in [1.165, 1.54) is 0 Å². The van der Waals surface area contributed by atoms with E-state index in [1.807, 2.05) is 6.07 Å². The minimum Gasteiger partial charge on any atom is -0.427 e. The van der Waals surface area contributed by atoms with Crippen LogP contribution in [0.25, 0.3) is 11.5 Å². The highest BCUT2D eigenvalue weighted by Gasteiger charge is 2.22. The average Bonchev–Trinajstić information content (AvgIpc) is 3.15. The number of piperidine rings is 1. The summed E-state index contributed by atoms with van der Waals surface area (Å²) in [4.78, 5) is 29.4. The second-order valence-electron chi connectivity index (χ2n) is 7.20. The van der Waals surface area contributed by atoms with Gasteiger partial charge in [-0.1, -0.05) is 5.16 Å². The Kier molecular flexibility index (Phi) is 5.26. The zero-order valence-corrected chi connectivity index (χ0v) is 16.3. The Balaban J connectivity index is 1.51. The van der Waals surface area contributed by atoms with E-state index in [0.717, 1.165) is 31.5 Å². The normalized spacial score (nSPS) is 14.7. The molecular weight excluding hydrogens is 372 g/mol. The van der Waals surface area contributed by atoms with Crippen LogP contribution in [0.5, 0.6) is 0 Å². The SMILES string of the molecule is Cc1noc(-c2ccc(NC(=O)c3c(C)cc(C4CCNCC4)oc3=O)cc2)n1. The van der Waals surface area contributed by atoms with E-state index < -0.39 is 11.5 Å². The van der Waals surface area contributed by atoms with Crippen LogP contribution in [0.15, 0.2) is 44.1 Å². The number of anilines is 1. The molecule has 0 aliphatic carbocycles. The maximum atomic E-state index is 12.7. The number of nitrogens with one attached hydrogen (secondary N) is 2. The second-order valence-corrected chi connectivity index (χ2v) is 7.20. The first kappa shape index (κ1) is 19.1. The molecule has 3 heterocycles. The molecule has 29 heavy (non-hydrogen) atoms. The van der Waals surface area contributed by atoms with Crippen molar-refractivity contribution in [2.75, 3.05) is 18.4 Å². The first-order valence-corrected chi connectivity index (χ1v) is 9.59. The summed E-state index contributed by atoms with van der Waals surface area (Å²) in [5.74, 6) is 1.33. The second kappa shape index (κ2) is 8.00. The number of hydrogen-bond donors (Lipinski definition) is 2.